The van der Waals surface area contributed by atoms with Gasteiger partial charge in [-0.25, -0.2) is 4.79 Å². The lowest BCUT2D eigenvalue weighted by Gasteiger charge is -2.53. The molecule has 0 radical (unpaired) electrons. The number of para-hydroxylation sites is 1. The lowest BCUT2D eigenvalue weighted by Crippen LogP contribution is -2.58. The fourth-order valence-corrected chi connectivity index (χ4v) is 2.98. The number of hydrogen-bond acceptors (Lipinski definition) is 3. The van der Waals surface area contributed by atoms with Gasteiger partial charge in [0.25, 0.3) is 0 Å². The van der Waals surface area contributed by atoms with Crippen LogP contribution in [0.5, 0.6) is 0 Å². The van der Waals surface area contributed by atoms with Gasteiger partial charge in [0.1, 0.15) is 0 Å². The largest absolute Gasteiger partial charge is 0.478 e. The Morgan fingerprint density at radius 2 is 1.89 bits per heavy atom. The number of hydrogen-bond donors (Lipinski definition) is 1. The molecule has 1 N–H and O–H groups in total. The van der Waals surface area contributed by atoms with Crippen LogP contribution in [0.3, 0.4) is 0 Å². The topological polar surface area (TPSA) is 49.8 Å². The average molecular weight is 247 g/mol. The number of carboxylic acid groups (broad SMARTS) is 1. The molecule has 4 nitrogen and oxygen atoms in total. The lowest BCUT2D eigenvalue weighted by molar-refractivity contribution is -0.000298. The van der Waals surface area contributed by atoms with Crippen LogP contribution in [-0.2, 0) is 4.74 Å². The number of ether oxygens (including phenoxy) is 1. The van der Waals surface area contributed by atoms with Crippen molar-refractivity contribution in [1.82, 2.24) is 0 Å². The molecule has 18 heavy (non-hydrogen) atoms. The summed E-state index contributed by atoms with van der Waals surface area (Å²) in [5.41, 5.74) is 1.62. The molecule has 2 fully saturated rings. The Morgan fingerprint density at radius 1 is 1.22 bits per heavy atom. The minimum absolute atomic E-state index is 0.365. The fourth-order valence-electron chi connectivity index (χ4n) is 2.98. The summed E-state index contributed by atoms with van der Waals surface area (Å²) in [4.78, 5) is 13.4. The van der Waals surface area contributed by atoms with Crippen LogP contribution in [0.2, 0.25) is 0 Å². The van der Waals surface area contributed by atoms with Crippen molar-refractivity contribution in [3.63, 3.8) is 0 Å². The predicted molar refractivity (Wildman–Crippen MR) is 68.1 cm³/mol. The van der Waals surface area contributed by atoms with E-state index in [1.165, 1.54) is 0 Å². The number of nitrogens with zero attached hydrogens (tertiary/aromatic N) is 1. The molecule has 0 bridgehead atoms. The lowest BCUT2D eigenvalue weighted by atomic mass is 9.73. The van der Waals surface area contributed by atoms with E-state index < -0.39 is 5.97 Å². The number of benzene rings is 1. The molecule has 1 aromatic rings. The summed E-state index contributed by atoms with van der Waals surface area (Å²) in [6, 6.07) is 7.25. The van der Waals surface area contributed by atoms with Crippen LogP contribution in [0.25, 0.3) is 0 Å². The van der Waals surface area contributed by atoms with Crippen LogP contribution in [-0.4, -0.2) is 37.4 Å². The van der Waals surface area contributed by atoms with Gasteiger partial charge in [-0.2, -0.15) is 0 Å². The van der Waals surface area contributed by atoms with Crippen molar-refractivity contribution in [2.45, 2.75) is 12.8 Å². The Kier molecular flexibility index (Phi) is 2.74. The average Bonchev–Trinajstić information content (AvgIpc) is 2.37. The van der Waals surface area contributed by atoms with Gasteiger partial charge >= 0.3 is 5.97 Å². The molecule has 3 rings (SSSR count). The summed E-state index contributed by atoms with van der Waals surface area (Å²) in [6.45, 7) is 3.60. The third-order valence-corrected chi connectivity index (χ3v) is 4.08. The van der Waals surface area contributed by atoms with Crippen LogP contribution in [0.15, 0.2) is 24.3 Å². The summed E-state index contributed by atoms with van der Waals surface area (Å²) in [5, 5.41) is 9.19. The minimum atomic E-state index is -0.849. The fraction of sp³-hybridized carbons (Fsp3) is 0.500. The van der Waals surface area contributed by atoms with Crippen molar-refractivity contribution in [2.24, 2.45) is 5.41 Å². The molecule has 96 valence electrons. The van der Waals surface area contributed by atoms with E-state index in [-0.39, 0.29) is 0 Å². The quantitative estimate of drug-likeness (QED) is 0.868. The van der Waals surface area contributed by atoms with Crippen LogP contribution < -0.4 is 4.90 Å². The standard InChI is InChI=1S/C14H17NO3/c16-13(17)11-3-1-2-4-12(11)15-9-14(10-15)5-7-18-8-6-14/h1-4H,5-10H2,(H,16,17). The van der Waals surface area contributed by atoms with Crippen LogP contribution in [0.4, 0.5) is 5.69 Å². The second-order valence-corrected chi connectivity index (χ2v) is 5.29. The van der Waals surface area contributed by atoms with Crippen molar-refractivity contribution in [3.05, 3.63) is 29.8 Å². The first-order chi connectivity index (χ1) is 8.70. The first-order valence-electron chi connectivity index (χ1n) is 6.35. The molecule has 0 amide bonds. The van der Waals surface area contributed by atoms with E-state index in [2.05, 4.69) is 4.90 Å². The highest BCUT2D eigenvalue weighted by atomic mass is 16.5. The van der Waals surface area contributed by atoms with Crippen molar-refractivity contribution in [3.8, 4) is 0 Å². The van der Waals surface area contributed by atoms with Crippen LogP contribution in [0, 0.1) is 5.41 Å². The van der Waals surface area contributed by atoms with Gasteiger partial charge in [0.15, 0.2) is 0 Å². The van der Waals surface area contributed by atoms with E-state index in [0.717, 1.165) is 44.8 Å². The normalized spacial score (nSPS) is 21.7. The van der Waals surface area contributed by atoms with Gasteiger partial charge in [-0.05, 0) is 25.0 Å². The number of aromatic carboxylic acids is 1. The number of carbonyl (C=O) groups is 1. The first-order valence-corrected chi connectivity index (χ1v) is 6.35. The summed E-state index contributed by atoms with van der Waals surface area (Å²) in [7, 11) is 0. The smallest absolute Gasteiger partial charge is 0.337 e. The van der Waals surface area contributed by atoms with Gasteiger partial charge in [-0.1, -0.05) is 12.1 Å². The second-order valence-electron chi connectivity index (χ2n) is 5.29. The molecule has 2 saturated heterocycles. The number of rotatable bonds is 2. The molecule has 0 aromatic heterocycles. The van der Waals surface area contributed by atoms with Crippen molar-refractivity contribution in [2.75, 3.05) is 31.2 Å². The van der Waals surface area contributed by atoms with Gasteiger partial charge in [-0.3, -0.25) is 0 Å². The summed E-state index contributed by atoms with van der Waals surface area (Å²) in [6.07, 6.45) is 2.19. The maximum Gasteiger partial charge on any atom is 0.337 e. The molecule has 2 heterocycles. The Labute approximate surface area is 106 Å². The summed E-state index contributed by atoms with van der Waals surface area (Å²) >= 11 is 0. The second kappa shape index (κ2) is 4.28. The van der Waals surface area contributed by atoms with Gasteiger partial charge in [0.05, 0.1) is 11.3 Å². The Bertz CT molecular complexity index is 458. The van der Waals surface area contributed by atoms with Gasteiger partial charge in [0, 0.05) is 31.7 Å². The van der Waals surface area contributed by atoms with Gasteiger partial charge in [-0.15, -0.1) is 0 Å². The van der Waals surface area contributed by atoms with E-state index in [4.69, 9.17) is 4.74 Å². The molecule has 2 aliphatic heterocycles. The molecule has 0 unspecified atom stereocenters. The molecule has 4 heteroatoms. The van der Waals surface area contributed by atoms with Crippen LogP contribution >= 0.6 is 0 Å². The SMILES string of the molecule is O=C(O)c1ccccc1N1CC2(CCOCC2)C1. The first kappa shape index (κ1) is 11.5. The van der Waals surface area contributed by atoms with E-state index in [1.54, 1.807) is 12.1 Å². The molecular weight excluding hydrogens is 230 g/mol. The Balaban J connectivity index is 1.76. The van der Waals surface area contributed by atoms with Gasteiger partial charge in [0.2, 0.25) is 0 Å². The molecule has 2 aliphatic rings. The summed E-state index contributed by atoms with van der Waals surface area (Å²) < 4.78 is 5.39. The van der Waals surface area contributed by atoms with Crippen molar-refractivity contribution in [1.29, 1.82) is 0 Å². The molecular formula is C14H17NO3. The maximum absolute atomic E-state index is 11.2. The molecule has 0 saturated carbocycles. The number of carboxylic acids is 1. The molecule has 1 aromatic carbocycles. The molecule has 1 spiro atoms. The molecule has 0 atom stereocenters. The van der Waals surface area contributed by atoms with E-state index in [9.17, 15) is 9.90 Å². The van der Waals surface area contributed by atoms with Crippen LogP contribution in [0.1, 0.15) is 23.2 Å². The van der Waals surface area contributed by atoms with Crippen molar-refractivity contribution < 1.29 is 14.6 Å². The highest BCUT2D eigenvalue weighted by molar-refractivity contribution is 5.94. The van der Waals surface area contributed by atoms with E-state index in [0.29, 0.717) is 11.0 Å². The zero-order chi connectivity index (χ0) is 12.6. The Hall–Kier alpha value is -1.55. The molecule has 0 aliphatic carbocycles. The third kappa shape index (κ3) is 1.86. The zero-order valence-electron chi connectivity index (χ0n) is 10.3. The maximum atomic E-state index is 11.2. The predicted octanol–water partition coefficient (Wildman–Crippen LogP) is 2.00. The van der Waals surface area contributed by atoms with E-state index in [1.807, 2.05) is 12.1 Å². The third-order valence-electron chi connectivity index (χ3n) is 4.08. The number of anilines is 1. The monoisotopic (exact) mass is 247 g/mol. The Morgan fingerprint density at radius 3 is 2.56 bits per heavy atom. The van der Waals surface area contributed by atoms with Crippen molar-refractivity contribution >= 4 is 11.7 Å². The highest BCUT2D eigenvalue weighted by Gasteiger charge is 2.44. The summed E-state index contributed by atoms with van der Waals surface area (Å²) in [5.74, 6) is -0.849. The highest BCUT2D eigenvalue weighted by Crippen LogP contribution is 2.42. The zero-order valence-corrected chi connectivity index (χ0v) is 10.3. The van der Waals surface area contributed by atoms with Gasteiger partial charge < -0.3 is 14.7 Å². The minimum Gasteiger partial charge on any atom is -0.478 e. The van der Waals surface area contributed by atoms with E-state index >= 15 is 0 Å².